The molecule has 0 bridgehead atoms. The number of rotatable bonds is 44. The lowest BCUT2D eigenvalue weighted by Gasteiger charge is -2.37. The molecule has 1 fully saturated rings. The SMILES string of the molecule is COCCOCCOCCOc1ccc(C(O)OC(CPC)CC(O)CC(O)CC(O)CC(O)CC(O)CC(O)CC2CC(CC(O)CC(C)O)OC(c3ccc(OCCOCCOCCOC)cc3)O2)cc1. The summed E-state index contributed by atoms with van der Waals surface area (Å²) in [6.45, 7) is 8.90. The van der Waals surface area contributed by atoms with Crippen molar-refractivity contribution in [3.63, 3.8) is 0 Å². The maximum atomic E-state index is 11.1. The zero-order valence-corrected chi connectivity index (χ0v) is 44.4. The van der Waals surface area contributed by atoms with Crippen LogP contribution in [0.4, 0.5) is 0 Å². The van der Waals surface area contributed by atoms with Crippen LogP contribution < -0.4 is 9.47 Å². The van der Waals surface area contributed by atoms with E-state index in [-0.39, 0.29) is 57.8 Å². The van der Waals surface area contributed by atoms with E-state index in [4.69, 9.17) is 52.1 Å². The van der Waals surface area contributed by atoms with E-state index in [9.17, 15) is 46.0 Å². The lowest BCUT2D eigenvalue weighted by molar-refractivity contribution is -0.256. The molecule has 14 atom stereocenters. The van der Waals surface area contributed by atoms with Gasteiger partial charge in [-0.15, -0.1) is 8.58 Å². The fraction of sp³-hybridized carbons (Fsp3) is 0.769. The molecule has 3 rings (SSSR count). The van der Waals surface area contributed by atoms with Crippen LogP contribution in [0.15, 0.2) is 48.5 Å². The van der Waals surface area contributed by atoms with Gasteiger partial charge in [0.2, 0.25) is 0 Å². The van der Waals surface area contributed by atoms with Crippen molar-refractivity contribution in [3.8, 4) is 11.5 Å². The number of aliphatic hydroxyl groups excluding tert-OH is 9. The highest BCUT2D eigenvalue weighted by Gasteiger charge is 2.34. The summed E-state index contributed by atoms with van der Waals surface area (Å²) in [5, 5.41) is 96.4. The van der Waals surface area contributed by atoms with Gasteiger partial charge in [0.25, 0.3) is 0 Å². The zero-order chi connectivity index (χ0) is 53.2. The third-order valence-electron chi connectivity index (χ3n) is 11.8. The van der Waals surface area contributed by atoms with E-state index in [1.54, 1.807) is 57.5 Å². The van der Waals surface area contributed by atoms with Crippen molar-refractivity contribution in [1.82, 2.24) is 0 Å². The molecule has 2 aromatic carbocycles. The van der Waals surface area contributed by atoms with Gasteiger partial charge >= 0.3 is 0 Å². The second kappa shape index (κ2) is 39.2. The molecule has 1 heterocycles. The summed E-state index contributed by atoms with van der Waals surface area (Å²) in [5.41, 5.74) is 1.20. The van der Waals surface area contributed by atoms with E-state index in [1.165, 1.54) is 0 Å². The van der Waals surface area contributed by atoms with Crippen molar-refractivity contribution < 1.29 is 98.1 Å². The highest BCUT2D eigenvalue weighted by Crippen LogP contribution is 2.35. The van der Waals surface area contributed by atoms with Gasteiger partial charge in [-0.2, -0.15) is 0 Å². The molecule has 9 N–H and O–H groups in total. The van der Waals surface area contributed by atoms with Crippen LogP contribution in [0.2, 0.25) is 0 Å². The van der Waals surface area contributed by atoms with Gasteiger partial charge in [-0.05, 0) is 95.4 Å². The summed E-state index contributed by atoms with van der Waals surface area (Å²) in [6.07, 6.45) is -10.7. The molecule has 1 aliphatic heterocycles. The van der Waals surface area contributed by atoms with Gasteiger partial charge in [0.15, 0.2) is 12.6 Å². The minimum Gasteiger partial charge on any atom is -0.491 e. The summed E-state index contributed by atoms with van der Waals surface area (Å²) >= 11 is 0. The van der Waals surface area contributed by atoms with E-state index in [2.05, 4.69) is 0 Å². The molecule has 20 nitrogen and oxygen atoms in total. The lowest BCUT2D eigenvalue weighted by Crippen LogP contribution is -2.38. The van der Waals surface area contributed by atoms with E-state index >= 15 is 0 Å². The molecule has 0 spiro atoms. The molecule has 0 radical (unpaired) electrons. The highest BCUT2D eigenvalue weighted by molar-refractivity contribution is 7.37. The second-order valence-corrected chi connectivity index (χ2v) is 19.7. The number of hydrogen-bond donors (Lipinski definition) is 9. The Kier molecular flexibility index (Phi) is 34.9. The minimum atomic E-state index is -1.26. The predicted molar refractivity (Wildman–Crippen MR) is 272 cm³/mol. The third-order valence-corrected chi connectivity index (χ3v) is 12.6. The monoisotopic (exact) mass is 1060 g/mol. The normalized spacial score (nSPS) is 20.5. The van der Waals surface area contributed by atoms with Crippen molar-refractivity contribution in [2.45, 2.75) is 151 Å². The summed E-state index contributed by atoms with van der Waals surface area (Å²) < 4.78 is 61.6. The summed E-state index contributed by atoms with van der Waals surface area (Å²) in [7, 11) is 3.70. The van der Waals surface area contributed by atoms with E-state index in [0.717, 1.165) is 0 Å². The lowest BCUT2D eigenvalue weighted by atomic mass is 9.94. The molecule has 0 aliphatic carbocycles. The molecule has 0 aromatic heterocycles. The smallest absolute Gasteiger partial charge is 0.184 e. The third kappa shape index (κ3) is 30.3. The highest BCUT2D eigenvalue weighted by atomic mass is 31.1. The summed E-state index contributed by atoms with van der Waals surface area (Å²) in [6, 6.07) is 14.0. The fourth-order valence-electron chi connectivity index (χ4n) is 8.29. The topological polar surface area (TPSA) is 284 Å². The van der Waals surface area contributed by atoms with Crippen LogP contribution in [0.5, 0.6) is 11.5 Å². The Morgan fingerprint density at radius 3 is 1.30 bits per heavy atom. The first kappa shape index (κ1) is 65.0. The van der Waals surface area contributed by atoms with Gasteiger partial charge in [-0.1, -0.05) is 24.3 Å². The van der Waals surface area contributed by atoms with Gasteiger partial charge in [0.1, 0.15) is 24.7 Å². The van der Waals surface area contributed by atoms with Crippen molar-refractivity contribution in [2.24, 2.45) is 0 Å². The number of hydrogen-bond acceptors (Lipinski definition) is 20. The van der Waals surface area contributed by atoms with Crippen LogP contribution in [0, 0.1) is 0 Å². The van der Waals surface area contributed by atoms with Gasteiger partial charge < -0.3 is 98.1 Å². The molecule has 0 amide bonds. The Balaban J connectivity index is 1.39. The van der Waals surface area contributed by atoms with Crippen molar-refractivity contribution >= 4 is 8.58 Å². The number of methoxy groups -OCH3 is 2. The van der Waals surface area contributed by atoms with E-state index in [1.807, 2.05) is 18.8 Å². The van der Waals surface area contributed by atoms with Gasteiger partial charge in [-0.3, -0.25) is 0 Å². The standard InChI is InChI=1S/C52H89O20P/c1-36(53)25-39(54)31-48-34-49(72-52(71-48)38-7-11-47(12-8-38)69-24-22-67-20-18-65-16-14-63-3)32-44(59)29-42(57)27-40(55)26-41(56)28-43(58)30-45(60)33-50(35-73-4)70-51(61)37-5-9-46(10-6-37)68-23-21-66-19-17-64-15-13-62-2/h5-12,36,39-45,48-61,73H,13-35H2,1-4H3. The molecule has 73 heavy (non-hydrogen) atoms. The van der Waals surface area contributed by atoms with Crippen LogP contribution in [0.25, 0.3) is 0 Å². The predicted octanol–water partition coefficient (Wildman–Crippen LogP) is 2.78. The quantitative estimate of drug-likeness (QED) is 0.0262. The van der Waals surface area contributed by atoms with E-state index in [0.29, 0.717) is 123 Å². The first-order chi connectivity index (χ1) is 35.2. The molecule has 14 unspecified atom stereocenters. The van der Waals surface area contributed by atoms with Crippen molar-refractivity contribution in [3.05, 3.63) is 59.7 Å². The maximum Gasteiger partial charge on any atom is 0.184 e. The average Bonchev–Trinajstić information content (AvgIpc) is 3.32. The Bertz CT molecular complexity index is 1620. The van der Waals surface area contributed by atoms with Crippen LogP contribution in [-0.4, -0.2) is 219 Å². The number of aliphatic hydroxyl groups is 9. The van der Waals surface area contributed by atoms with Crippen LogP contribution >= 0.6 is 8.58 Å². The fourth-order valence-corrected chi connectivity index (χ4v) is 9.00. The summed E-state index contributed by atoms with van der Waals surface area (Å²) in [5.74, 6) is 1.22. The molecule has 422 valence electrons. The molecular weight excluding hydrogens is 976 g/mol. The molecular formula is C52H89O20P. The average molecular weight is 1070 g/mol. The minimum absolute atomic E-state index is 0.0694. The number of benzene rings is 2. The Hall–Kier alpha value is -2.25. The summed E-state index contributed by atoms with van der Waals surface area (Å²) in [4.78, 5) is 0. The van der Waals surface area contributed by atoms with Crippen molar-refractivity contribution in [1.29, 1.82) is 0 Å². The van der Waals surface area contributed by atoms with Crippen molar-refractivity contribution in [2.75, 3.05) is 106 Å². The molecule has 1 saturated heterocycles. The largest absolute Gasteiger partial charge is 0.491 e. The first-order valence-electron chi connectivity index (χ1n) is 25.7. The second-order valence-electron chi connectivity index (χ2n) is 18.6. The Morgan fingerprint density at radius 2 is 0.877 bits per heavy atom. The zero-order valence-electron chi connectivity index (χ0n) is 43.4. The van der Waals surface area contributed by atoms with Gasteiger partial charge in [-0.25, -0.2) is 0 Å². The van der Waals surface area contributed by atoms with Crippen LogP contribution in [0.1, 0.15) is 94.8 Å². The number of ether oxygens (including phenoxy) is 11. The van der Waals surface area contributed by atoms with Crippen LogP contribution in [-0.2, 0) is 42.6 Å². The van der Waals surface area contributed by atoms with E-state index < -0.39 is 79.7 Å². The maximum absolute atomic E-state index is 11.1. The first-order valence-corrected chi connectivity index (χ1v) is 27.4. The Labute approximate surface area is 433 Å². The Morgan fingerprint density at radius 1 is 0.493 bits per heavy atom. The van der Waals surface area contributed by atoms with Gasteiger partial charge in [0.05, 0.1) is 133 Å². The molecule has 1 aliphatic rings. The van der Waals surface area contributed by atoms with Gasteiger partial charge in [0, 0.05) is 38.2 Å². The molecule has 2 aromatic rings. The molecule has 21 heteroatoms. The molecule has 0 saturated carbocycles. The van der Waals surface area contributed by atoms with Crippen LogP contribution in [0.3, 0.4) is 0 Å².